The molecule has 1 N–H and O–H groups in total. The van der Waals surface area contributed by atoms with Crippen LogP contribution in [0.15, 0.2) is 6.07 Å². The van der Waals surface area contributed by atoms with Crippen molar-refractivity contribution in [2.45, 2.75) is 45.1 Å². The van der Waals surface area contributed by atoms with Crippen molar-refractivity contribution in [3.63, 3.8) is 0 Å². The molecule has 0 aliphatic heterocycles. The molecule has 0 atom stereocenters. The van der Waals surface area contributed by atoms with Crippen LogP contribution < -0.4 is 5.32 Å². The van der Waals surface area contributed by atoms with Gasteiger partial charge in [0.25, 0.3) is 5.91 Å². The average molecular weight is 315 g/mol. The van der Waals surface area contributed by atoms with Crippen LogP contribution in [-0.4, -0.2) is 47.8 Å². The van der Waals surface area contributed by atoms with Crippen LogP contribution in [0, 0.1) is 0 Å². The van der Waals surface area contributed by atoms with Gasteiger partial charge in [-0.1, -0.05) is 0 Å². The van der Waals surface area contributed by atoms with Gasteiger partial charge in [-0.15, -0.1) is 12.4 Å². The molecule has 6 heteroatoms. The number of carbonyl (C=O) groups excluding carboxylic acids is 1. The number of carbonyl (C=O) groups is 1. The summed E-state index contributed by atoms with van der Waals surface area (Å²) in [4.78, 5) is 14.1. The molecule has 0 spiro atoms. The maximum atomic E-state index is 12.4. The van der Waals surface area contributed by atoms with E-state index in [4.69, 9.17) is 0 Å². The van der Waals surface area contributed by atoms with Crippen molar-refractivity contribution >= 4 is 18.3 Å². The Morgan fingerprint density at radius 1 is 1.48 bits per heavy atom. The molecule has 1 aliphatic rings. The molecule has 1 amide bonds. The Hall–Kier alpha value is -1.07. The second kappa shape index (κ2) is 6.79. The zero-order valence-corrected chi connectivity index (χ0v) is 14.5. The maximum absolute atomic E-state index is 12.4. The van der Waals surface area contributed by atoms with Gasteiger partial charge in [0.1, 0.15) is 0 Å². The van der Waals surface area contributed by atoms with Gasteiger partial charge in [0.2, 0.25) is 0 Å². The Balaban J connectivity index is 0.00000220. The van der Waals surface area contributed by atoms with Crippen LogP contribution in [0.1, 0.15) is 55.7 Å². The SMILES string of the molecule is CNCCN(C)C(=O)c1cc(C2CC2)n(C(C)(C)C)n1.Cl. The van der Waals surface area contributed by atoms with Crippen LogP contribution >= 0.6 is 12.4 Å². The Morgan fingerprint density at radius 2 is 2.10 bits per heavy atom. The first-order valence-electron chi connectivity index (χ1n) is 7.35. The van der Waals surface area contributed by atoms with Gasteiger partial charge in [-0.3, -0.25) is 9.48 Å². The highest BCUT2D eigenvalue weighted by molar-refractivity contribution is 5.92. The largest absolute Gasteiger partial charge is 0.339 e. The second-order valence-corrected chi connectivity index (χ2v) is 6.64. The lowest BCUT2D eigenvalue weighted by atomic mass is 10.1. The van der Waals surface area contributed by atoms with Crippen molar-refractivity contribution in [2.24, 2.45) is 0 Å². The van der Waals surface area contributed by atoms with E-state index in [-0.39, 0.29) is 23.9 Å². The highest BCUT2D eigenvalue weighted by Crippen LogP contribution is 2.41. The Bertz CT molecular complexity index is 488. The van der Waals surface area contributed by atoms with Gasteiger partial charge < -0.3 is 10.2 Å². The molecule has 2 rings (SSSR count). The number of nitrogens with zero attached hydrogens (tertiary/aromatic N) is 3. The van der Waals surface area contributed by atoms with E-state index in [0.29, 0.717) is 18.2 Å². The molecule has 120 valence electrons. The van der Waals surface area contributed by atoms with Crippen molar-refractivity contribution in [1.82, 2.24) is 20.0 Å². The van der Waals surface area contributed by atoms with Crippen LogP contribution in [0.5, 0.6) is 0 Å². The van der Waals surface area contributed by atoms with Crippen LogP contribution in [-0.2, 0) is 5.54 Å². The molecule has 1 aromatic rings. The number of likely N-dealkylation sites (N-methyl/N-ethyl adjacent to an activating group) is 2. The molecule has 0 aromatic carbocycles. The molecule has 0 unspecified atom stereocenters. The van der Waals surface area contributed by atoms with E-state index in [9.17, 15) is 4.79 Å². The average Bonchev–Trinajstić information content (AvgIpc) is 3.12. The fraction of sp³-hybridized carbons (Fsp3) is 0.733. The first-order valence-corrected chi connectivity index (χ1v) is 7.35. The lowest BCUT2D eigenvalue weighted by molar-refractivity contribution is 0.0789. The van der Waals surface area contributed by atoms with E-state index in [2.05, 4.69) is 31.2 Å². The van der Waals surface area contributed by atoms with Gasteiger partial charge in [-0.05, 0) is 46.7 Å². The molecule has 1 heterocycles. The van der Waals surface area contributed by atoms with Gasteiger partial charge in [-0.2, -0.15) is 5.10 Å². The van der Waals surface area contributed by atoms with Crippen molar-refractivity contribution in [2.75, 3.05) is 27.2 Å². The van der Waals surface area contributed by atoms with Crippen LogP contribution in [0.2, 0.25) is 0 Å². The number of rotatable bonds is 5. The first kappa shape index (κ1) is 18.0. The summed E-state index contributed by atoms with van der Waals surface area (Å²) >= 11 is 0. The van der Waals surface area contributed by atoms with Gasteiger partial charge in [-0.25, -0.2) is 0 Å². The monoisotopic (exact) mass is 314 g/mol. The van der Waals surface area contributed by atoms with Gasteiger partial charge in [0.05, 0.1) is 5.54 Å². The van der Waals surface area contributed by atoms with E-state index in [0.717, 1.165) is 6.54 Å². The molecule has 1 aliphatic carbocycles. The Kier molecular flexibility index (Phi) is 5.82. The number of nitrogens with one attached hydrogen (secondary N) is 1. The molecule has 1 fully saturated rings. The van der Waals surface area contributed by atoms with E-state index in [1.807, 2.05) is 24.8 Å². The second-order valence-electron chi connectivity index (χ2n) is 6.64. The lowest BCUT2D eigenvalue weighted by Crippen LogP contribution is -2.33. The summed E-state index contributed by atoms with van der Waals surface area (Å²) in [5.41, 5.74) is 1.70. The number of aromatic nitrogens is 2. The van der Waals surface area contributed by atoms with Crippen LogP contribution in [0.4, 0.5) is 0 Å². The normalized spacial score (nSPS) is 14.7. The fourth-order valence-corrected chi connectivity index (χ4v) is 2.28. The minimum atomic E-state index is -0.0833. The first-order chi connectivity index (χ1) is 9.34. The Labute approximate surface area is 133 Å². The standard InChI is InChI=1S/C15H26N4O.ClH/c1-15(2,3)19-13(11-6-7-11)10-12(17-19)14(20)18(5)9-8-16-4;/h10-11,16H,6-9H2,1-5H3;1H. The molecular formula is C15H27ClN4O. The number of hydrogen-bond acceptors (Lipinski definition) is 3. The summed E-state index contributed by atoms with van der Waals surface area (Å²) in [5.74, 6) is 0.594. The minimum Gasteiger partial charge on any atom is -0.339 e. The smallest absolute Gasteiger partial charge is 0.274 e. The van der Waals surface area contributed by atoms with E-state index in [1.165, 1.54) is 18.5 Å². The summed E-state index contributed by atoms with van der Waals surface area (Å²) < 4.78 is 2.03. The van der Waals surface area contributed by atoms with E-state index < -0.39 is 0 Å². The maximum Gasteiger partial charge on any atom is 0.274 e. The third kappa shape index (κ3) is 4.20. The van der Waals surface area contributed by atoms with Crippen LogP contribution in [0.3, 0.4) is 0 Å². The summed E-state index contributed by atoms with van der Waals surface area (Å²) in [6, 6.07) is 1.99. The highest BCUT2D eigenvalue weighted by atomic mass is 35.5. The Morgan fingerprint density at radius 3 is 2.57 bits per heavy atom. The fourth-order valence-electron chi connectivity index (χ4n) is 2.28. The minimum absolute atomic E-state index is 0. The molecule has 0 saturated heterocycles. The van der Waals surface area contributed by atoms with Gasteiger partial charge in [0.15, 0.2) is 5.69 Å². The van der Waals surface area contributed by atoms with E-state index in [1.54, 1.807) is 4.90 Å². The molecule has 0 radical (unpaired) electrons. The van der Waals surface area contributed by atoms with Crippen LogP contribution in [0.25, 0.3) is 0 Å². The summed E-state index contributed by atoms with van der Waals surface area (Å²) in [7, 11) is 3.71. The molecule has 21 heavy (non-hydrogen) atoms. The molecular weight excluding hydrogens is 288 g/mol. The number of hydrogen-bond donors (Lipinski definition) is 1. The third-order valence-corrected chi connectivity index (χ3v) is 3.63. The molecule has 0 bridgehead atoms. The van der Waals surface area contributed by atoms with Crippen molar-refractivity contribution in [3.05, 3.63) is 17.5 Å². The molecule has 5 nitrogen and oxygen atoms in total. The summed E-state index contributed by atoms with van der Waals surface area (Å²) in [5, 5.41) is 7.63. The van der Waals surface area contributed by atoms with Crippen molar-refractivity contribution in [3.8, 4) is 0 Å². The van der Waals surface area contributed by atoms with Gasteiger partial charge in [0, 0.05) is 31.7 Å². The van der Waals surface area contributed by atoms with E-state index >= 15 is 0 Å². The van der Waals surface area contributed by atoms with Gasteiger partial charge >= 0.3 is 0 Å². The lowest BCUT2D eigenvalue weighted by Gasteiger charge is -2.22. The van der Waals surface area contributed by atoms with Crippen molar-refractivity contribution in [1.29, 1.82) is 0 Å². The summed E-state index contributed by atoms with van der Waals surface area (Å²) in [6.45, 7) is 7.87. The zero-order valence-electron chi connectivity index (χ0n) is 13.6. The van der Waals surface area contributed by atoms with Crippen molar-refractivity contribution < 1.29 is 4.79 Å². The topological polar surface area (TPSA) is 50.2 Å². The number of halogens is 1. The quantitative estimate of drug-likeness (QED) is 0.906. The predicted molar refractivity (Wildman–Crippen MR) is 87.3 cm³/mol. The zero-order chi connectivity index (χ0) is 14.9. The summed E-state index contributed by atoms with van der Waals surface area (Å²) in [6.07, 6.45) is 2.43. The highest BCUT2D eigenvalue weighted by Gasteiger charge is 2.32. The predicted octanol–water partition coefficient (Wildman–Crippen LogP) is 2.23. The number of amides is 1. The molecule has 1 saturated carbocycles. The molecule has 1 aromatic heterocycles. The third-order valence-electron chi connectivity index (χ3n) is 3.63.